The lowest BCUT2D eigenvalue weighted by atomic mass is 10.0. The largest absolute Gasteiger partial charge is 0.497 e. The molecule has 2 aromatic rings. The van der Waals surface area contributed by atoms with E-state index in [1.54, 1.807) is 12.1 Å². The van der Waals surface area contributed by atoms with E-state index >= 15 is 0 Å². The highest BCUT2D eigenvalue weighted by atomic mass is 79.9. The van der Waals surface area contributed by atoms with Gasteiger partial charge in [0.1, 0.15) is 11.6 Å². The number of aryl methyl sites for hydroxylation is 1. The van der Waals surface area contributed by atoms with Crippen LogP contribution in [-0.2, 0) is 0 Å². The van der Waals surface area contributed by atoms with E-state index in [0.29, 0.717) is 11.3 Å². The van der Waals surface area contributed by atoms with Gasteiger partial charge in [-0.2, -0.15) is 0 Å². The monoisotopic (exact) mass is 386 g/mol. The summed E-state index contributed by atoms with van der Waals surface area (Å²) in [5.74, 6) is 0.235. The van der Waals surface area contributed by atoms with Gasteiger partial charge in [-0.25, -0.2) is 4.39 Å². The van der Waals surface area contributed by atoms with Crippen LogP contribution in [0.5, 0.6) is 5.75 Å². The van der Waals surface area contributed by atoms with E-state index in [0.717, 1.165) is 15.6 Å². The molecule has 0 heterocycles. The summed E-state index contributed by atoms with van der Waals surface area (Å²) >= 11 is 7.07. The van der Waals surface area contributed by atoms with Gasteiger partial charge in [0.05, 0.1) is 11.9 Å². The van der Waals surface area contributed by atoms with Crippen molar-refractivity contribution in [2.75, 3.05) is 7.11 Å². The average Bonchev–Trinajstić information content (AvgIpc) is 2.40. The zero-order chi connectivity index (χ0) is 14.0. The number of methoxy groups -OCH3 is 1. The molecule has 4 heteroatoms. The van der Waals surface area contributed by atoms with Crippen molar-refractivity contribution in [3.05, 3.63) is 63.4 Å². The fourth-order valence-electron chi connectivity index (χ4n) is 1.87. The van der Waals surface area contributed by atoms with Crippen LogP contribution in [0.25, 0.3) is 0 Å². The minimum absolute atomic E-state index is 0.201. The van der Waals surface area contributed by atoms with Crippen molar-refractivity contribution in [1.82, 2.24) is 0 Å². The number of alkyl halides is 1. The first-order chi connectivity index (χ1) is 9.02. The third kappa shape index (κ3) is 3.18. The minimum Gasteiger partial charge on any atom is -0.497 e. The summed E-state index contributed by atoms with van der Waals surface area (Å²) in [6.07, 6.45) is 0. The molecule has 2 aromatic carbocycles. The number of rotatable bonds is 3. The van der Waals surface area contributed by atoms with Gasteiger partial charge in [-0.3, -0.25) is 0 Å². The van der Waals surface area contributed by atoms with E-state index in [1.165, 1.54) is 13.2 Å². The van der Waals surface area contributed by atoms with Crippen LogP contribution in [0, 0.1) is 12.7 Å². The highest BCUT2D eigenvalue weighted by Gasteiger charge is 2.18. The van der Waals surface area contributed by atoms with Gasteiger partial charge in [0, 0.05) is 16.1 Å². The van der Waals surface area contributed by atoms with E-state index in [9.17, 15) is 4.39 Å². The molecule has 0 aliphatic rings. The van der Waals surface area contributed by atoms with E-state index in [1.807, 2.05) is 25.1 Å². The van der Waals surface area contributed by atoms with Gasteiger partial charge in [0.25, 0.3) is 0 Å². The molecule has 1 atom stereocenters. The molecule has 0 aromatic heterocycles. The molecule has 0 amide bonds. The van der Waals surface area contributed by atoms with Crippen molar-refractivity contribution >= 4 is 31.9 Å². The van der Waals surface area contributed by atoms with Gasteiger partial charge < -0.3 is 4.74 Å². The fraction of sp³-hybridized carbons (Fsp3) is 0.200. The Bertz CT molecular complexity index is 599. The van der Waals surface area contributed by atoms with Gasteiger partial charge in [0.15, 0.2) is 0 Å². The van der Waals surface area contributed by atoms with Crippen molar-refractivity contribution in [1.29, 1.82) is 0 Å². The fourth-order valence-corrected chi connectivity index (χ4v) is 3.40. The second-order valence-corrected chi connectivity index (χ2v) is 6.04. The number of hydrogen-bond donors (Lipinski definition) is 0. The quantitative estimate of drug-likeness (QED) is 0.641. The summed E-state index contributed by atoms with van der Waals surface area (Å²) in [6.45, 7) is 2.01. The smallest absolute Gasteiger partial charge is 0.131 e. The molecule has 0 aliphatic carbocycles. The van der Waals surface area contributed by atoms with E-state index in [4.69, 9.17) is 4.74 Å². The van der Waals surface area contributed by atoms with Crippen molar-refractivity contribution < 1.29 is 9.13 Å². The molecular formula is C15H13Br2FO. The summed E-state index contributed by atoms with van der Waals surface area (Å²) in [6, 6.07) is 10.9. The lowest BCUT2D eigenvalue weighted by molar-refractivity contribution is 0.411. The Kier molecular flexibility index (Phi) is 4.63. The Hall–Kier alpha value is -0.870. The van der Waals surface area contributed by atoms with E-state index < -0.39 is 0 Å². The topological polar surface area (TPSA) is 9.23 Å². The van der Waals surface area contributed by atoms with Gasteiger partial charge in [-0.05, 0) is 24.6 Å². The maximum absolute atomic E-state index is 14.1. The standard InChI is InChI=1S/C15H13Br2FO/c1-9-3-6-13(16)12(7-9)15(17)11-5-4-10(19-2)8-14(11)18/h3-8,15H,1-2H3. The lowest BCUT2D eigenvalue weighted by Crippen LogP contribution is -1.99. The van der Waals surface area contributed by atoms with Crippen molar-refractivity contribution in [2.24, 2.45) is 0 Å². The van der Waals surface area contributed by atoms with Crippen LogP contribution in [0.4, 0.5) is 4.39 Å². The zero-order valence-electron chi connectivity index (χ0n) is 10.6. The average molecular weight is 388 g/mol. The SMILES string of the molecule is COc1ccc(C(Br)c2cc(C)ccc2Br)c(F)c1. The third-order valence-corrected chi connectivity index (χ3v) is 4.61. The van der Waals surface area contributed by atoms with Crippen molar-refractivity contribution in [2.45, 2.75) is 11.8 Å². The molecule has 1 nitrogen and oxygen atoms in total. The number of halogens is 3. The molecule has 2 rings (SSSR count). The van der Waals surface area contributed by atoms with Gasteiger partial charge in [-0.1, -0.05) is 55.6 Å². The van der Waals surface area contributed by atoms with Gasteiger partial charge in [0.2, 0.25) is 0 Å². The van der Waals surface area contributed by atoms with E-state index in [2.05, 4.69) is 31.9 Å². The maximum Gasteiger partial charge on any atom is 0.131 e. The molecule has 100 valence electrons. The Morgan fingerprint density at radius 1 is 1.11 bits per heavy atom. The zero-order valence-corrected chi connectivity index (χ0v) is 13.8. The number of hydrogen-bond acceptors (Lipinski definition) is 1. The van der Waals surface area contributed by atoms with Gasteiger partial charge >= 0.3 is 0 Å². The molecule has 0 aliphatic heterocycles. The van der Waals surface area contributed by atoms with Crippen LogP contribution in [0.3, 0.4) is 0 Å². The molecule has 0 saturated heterocycles. The Labute approximate surface area is 129 Å². The molecule has 0 N–H and O–H groups in total. The van der Waals surface area contributed by atoms with Crippen LogP contribution in [0.1, 0.15) is 21.5 Å². The summed E-state index contributed by atoms with van der Waals surface area (Å²) in [5.41, 5.74) is 2.73. The predicted octanol–water partition coefficient (Wildman–Crippen LogP) is 5.39. The highest BCUT2D eigenvalue weighted by Crippen LogP contribution is 2.37. The minimum atomic E-state index is -0.283. The summed E-state index contributed by atoms with van der Waals surface area (Å²) in [4.78, 5) is -0.201. The van der Waals surface area contributed by atoms with E-state index in [-0.39, 0.29) is 10.6 Å². The van der Waals surface area contributed by atoms with Crippen LogP contribution >= 0.6 is 31.9 Å². The van der Waals surface area contributed by atoms with Crippen LogP contribution in [0.2, 0.25) is 0 Å². The second-order valence-electron chi connectivity index (χ2n) is 4.27. The molecule has 1 unspecified atom stereocenters. The molecule has 19 heavy (non-hydrogen) atoms. The first-order valence-corrected chi connectivity index (χ1v) is 7.47. The first kappa shape index (κ1) is 14.5. The number of ether oxygens (including phenoxy) is 1. The molecule has 0 spiro atoms. The van der Waals surface area contributed by atoms with Crippen molar-refractivity contribution in [3.8, 4) is 5.75 Å². The molecular weight excluding hydrogens is 375 g/mol. The normalized spacial score (nSPS) is 12.3. The van der Waals surface area contributed by atoms with Crippen LogP contribution < -0.4 is 4.74 Å². The van der Waals surface area contributed by atoms with Crippen molar-refractivity contribution in [3.63, 3.8) is 0 Å². The Balaban J connectivity index is 2.43. The lowest BCUT2D eigenvalue weighted by Gasteiger charge is -2.15. The third-order valence-electron chi connectivity index (χ3n) is 2.91. The molecule has 0 saturated carbocycles. The highest BCUT2D eigenvalue weighted by molar-refractivity contribution is 9.11. The Morgan fingerprint density at radius 3 is 2.47 bits per heavy atom. The Morgan fingerprint density at radius 2 is 1.84 bits per heavy atom. The number of benzene rings is 2. The summed E-state index contributed by atoms with van der Waals surface area (Å²) < 4.78 is 20.0. The van der Waals surface area contributed by atoms with Crippen LogP contribution in [-0.4, -0.2) is 7.11 Å². The van der Waals surface area contributed by atoms with Crippen LogP contribution in [0.15, 0.2) is 40.9 Å². The summed E-state index contributed by atoms with van der Waals surface area (Å²) in [7, 11) is 1.53. The molecule has 0 bridgehead atoms. The molecule has 0 fully saturated rings. The van der Waals surface area contributed by atoms with Gasteiger partial charge in [-0.15, -0.1) is 0 Å². The first-order valence-electron chi connectivity index (χ1n) is 5.76. The maximum atomic E-state index is 14.1. The molecule has 0 radical (unpaired) electrons. The second kappa shape index (κ2) is 6.06. The predicted molar refractivity (Wildman–Crippen MR) is 82.6 cm³/mol. The summed E-state index contributed by atoms with van der Waals surface area (Å²) in [5, 5.41) is 0.